The number of nitrogens with one attached hydrogen (secondary N) is 1. The van der Waals surface area contributed by atoms with E-state index in [9.17, 15) is 16.8 Å². The van der Waals surface area contributed by atoms with Crippen LogP contribution in [0.2, 0.25) is 10.0 Å². The smallest absolute Gasteiger partial charge is 0.248 e. The van der Waals surface area contributed by atoms with Crippen molar-refractivity contribution in [3.05, 3.63) is 101 Å². The topological polar surface area (TPSA) is 138 Å². The predicted octanol–water partition coefficient (Wildman–Crippen LogP) is 4.09. The van der Waals surface area contributed by atoms with Crippen LogP contribution in [0.4, 0.5) is 0 Å². The van der Waals surface area contributed by atoms with Gasteiger partial charge in [-0.05, 0) is 54.8 Å². The summed E-state index contributed by atoms with van der Waals surface area (Å²) in [5.41, 5.74) is 1.64. The third kappa shape index (κ3) is 8.99. The van der Waals surface area contributed by atoms with Crippen molar-refractivity contribution in [2.24, 2.45) is 15.2 Å². The van der Waals surface area contributed by atoms with Crippen molar-refractivity contribution in [1.82, 2.24) is 14.0 Å². The lowest BCUT2D eigenvalue weighted by molar-refractivity contribution is 0.318. The molecule has 0 saturated carbocycles. The molecule has 41 heavy (non-hydrogen) atoms. The molecular weight excluding hydrogens is 607 g/mol. The highest BCUT2D eigenvalue weighted by Crippen LogP contribution is 2.21. The molecule has 2 aliphatic rings. The summed E-state index contributed by atoms with van der Waals surface area (Å²) in [5.74, 6) is 0.0676. The normalized spacial score (nSPS) is 17.0. The van der Waals surface area contributed by atoms with Gasteiger partial charge in [-0.1, -0.05) is 71.7 Å². The van der Waals surface area contributed by atoms with Gasteiger partial charge in [0, 0.05) is 29.6 Å². The van der Waals surface area contributed by atoms with E-state index in [1.165, 1.54) is 33.6 Å². The Morgan fingerprint density at radius 2 is 1.34 bits per heavy atom. The molecule has 5 rings (SSSR count). The lowest BCUT2D eigenvalue weighted by Crippen LogP contribution is -2.45. The zero-order valence-corrected chi connectivity index (χ0v) is 25.1. The van der Waals surface area contributed by atoms with Crippen LogP contribution in [0, 0.1) is 0 Å². The Bertz CT molecular complexity index is 1550. The Balaban J connectivity index is 0.000000572. The van der Waals surface area contributed by atoms with Gasteiger partial charge in [0.1, 0.15) is 0 Å². The van der Waals surface area contributed by atoms with E-state index in [2.05, 4.69) is 14.8 Å². The fourth-order valence-electron chi connectivity index (χ4n) is 4.18. The van der Waals surface area contributed by atoms with Crippen LogP contribution in [-0.2, 0) is 20.2 Å². The number of rotatable bonds is 5. The molecule has 1 saturated heterocycles. The molecule has 3 aromatic rings. The molecular formula is C27H30Cl2N6O4S2. The van der Waals surface area contributed by atoms with Crippen LogP contribution in [0.25, 0.3) is 0 Å². The first-order valence-electron chi connectivity index (χ1n) is 12.8. The Kier molecular flexibility index (Phi) is 10.4. The number of halogens is 2. The van der Waals surface area contributed by atoms with Gasteiger partial charge in [0.25, 0.3) is 20.2 Å². The number of aliphatic imine (C=N–C) groups is 1. The summed E-state index contributed by atoms with van der Waals surface area (Å²) in [6.07, 6.45) is 1.36. The molecule has 0 bridgehead atoms. The number of hydrazone groups is 1. The van der Waals surface area contributed by atoms with Crippen molar-refractivity contribution in [3.63, 3.8) is 0 Å². The van der Waals surface area contributed by atoms with E-state index >= 15 is 0 Å². The monoisotopic (exact) mass is 636 g/mol. The van der Waals surface area contributed by atoms with Gasteiger partial charge in [-0.25, -0.2) is 28.3 Å². The minimum absolute atomic E-state index is 0.0275. The second kappa shape index (κ2) is 13.8. The second-order valence-electron chi connectivity index (χ2n) is 9.27. The number of benzene rings is 3. The van der Waals surface area contributed by atoms with E-state index in [4.69, 9.17) is 28.3 Å². The molecule has 2 heterocycles. The summed E-state index contributed by atoms with van der Waals surface area (Å²) < 4.78 is 53.2. The number of hydrogen-bond donors (Lipinski definition) is 2. The highest BCUT2D eigenvalue weighted by Gasteiger charge is 2.29. The molecule has 0 atom stereocenters. The first-order valence-corrected chi connectivity index (χ1v) is 16.5. The Morgan fingerprint density at radius 1 is 0.829 bits per heavy atom. The molecule has 0 aliphatic carbocycles. The number of hydrogen-bond acceptors (Lipinski definition) is 6. The van der Waals surface area contributed by atoms with Gasteiger partial charge in [0.2, 0.25) is 5.96 Å². The quantitative estimate of drug-likeness (QED) is 0.321. The second-order valence-corrected chi connectivity index (χ2v) is 13.4. The summed E-state index contributed by atoms with van der Waals surface area (Å²) in [7, 11) is -7.76. The number of nitrogens with zero attached hydrogens (tertiary/aromatic N) is 4. The average Bonchev–Trinajstić information content (AvgIpc) is 3.45. The summed E-state index contributed by atoms with van der Waals surface area (Å²) in [4.78, 5) is 4.67. The van der Waals surface area contributed by atoms with Crippen LogP contribution in [0.5, 0.6) is 0 Å². The lowest BCUT2D eigenvalue weighted by atomic mass is 10.1. The van der Waals surface area contributed by atoms with E-state index in [1.54, 1.807) is 12.1 Å². The fourth-order valence-corrected chi connectivity index (χ4v) is 6.16. The third-order valence-electron chi connectivity index (χ3n) is 6.33. The first-order chi connectivity index (χ1) is 19.5. The van der Waals surface area contributed by atoms with Gasteiger partial charge in [0.05, 0.1) is 23.2 Å². The Hall–Kier alpha value is -3.00. The van der Waals surface area contributed by atoms with Crippen LogP contribution in [0.1, 0.15) is 24.8 Å². The van der Waals surface area contributed by atoms with Gasteiger partial charge < -0.3 is 0 Å². The molecule has 3 aromatic carbocycles. The number of sulfonamides is 1. The molecule has 3 N–H and O–H groups in total. The molecule has 2 aliphatic heterocycles. The minimum Gasteiger partial charge on any atom is -0.248 e. The van der Waals surface area contributed by atoms with Crippen LogP contribution < -0.4 is 9.86 Å². The van der Waals surface area contributed by atoms with Gasteiger partial charge in [-0.15, -0.1) is 0 Å². The van der Waals surface area contributed by atoms with E-state index in [1.807, 2.05) is 48.5 Å². The fraction of sp³-hybridized carbons (Fsp3) is 0.259. The van der Waals surface area contributed by atoms with Crippen molar-refractivity contribution >= 4 is 55.1 Å². The summed E-state index contributed by atoms with van der Waals surface area (Å²) in [5, 5.41) is 12.4. The molecule has 0 aromatic heterocycles. The number of piperidine rings is 1. The third-order valence-corrected chi connectivity index (χ3v) is 9.26. The van der Waals surface area contributed by atoms with Crippen molar-refractivity contribution in [1.29, 1.82) is 0 Å². The lowest BCUT2D eigenvalue weighted by Gasteiger charge is -2.29. The Morgan fingerprint density at radius 3 is 1.85 bits per heavy atom. The zero-order chi connectivity index (χ0) is 29.5. The van der Waals surface area contributed by atoms with Crippen molar-refractivity contribution in [3.8, 4) is 0 Å². The maximum atomic E-state index is 13.1. The first kappa shape index (κ1) is 30.9. The van der Waals surface area contributed by atoms with Crippen molar-refractivity contribution in [2.45, 2.75) is 30.2 Å². The summed E-state index contributed by atoms with van der Waals surface area (Å²) in [6, 6.07) is 24.7. The molecule has 1 fully saturated rings. The van der Waals surface area contributed by atoms with E-state index in [-0.39, 0.29) is 30.0 Å². The van der Waals surface area contributed by atoms with Crippen LogP contribution in [-0.4, -0.2) is 63.5 Å². The van der Waals surface area contributed by atoms with Crippen LogP contribution >= 0.6 is 23.2 Å². The standard InChI is InChI=1S/C21H24Cl2N6O4S2.C6H6/c22-16-3-1-15(2-4-16)20-11-14-29(26-20)21(25-18-9-12-28(13-10-18)35(24,32)33)27-34(30,31)19-7-5-17(23)6-8-19;1-2-4-6-5-3-1/h1-8,18H,9-14H2,(H,25,27)(H2,24,32,33);1-6H. The Labute approximate surface area is 250 Å². The van der Waals surface area contributed by atoms with Gasteiger partial charge in [-0.2, -0.15) is 17.8 Å². The van der Waals surface area contributed by atoms with E-state index < -0.39 is 20.2 Å². The predicted molar refractivity (Wildman–Crippen MR) is 163 cm³/mol. The molecule has 0 unspecified atom stereocenters. The summed E-state index contributed by atoms with van der Waals surface area (Å²) >= 11 is 11.9. The van der Waals surface area contributed by atoms with E-state index in [0.29, 0.717) is 35.9 Å². The highest BCUT2D eigenvalue weighted by atomic mass is 35.5. The SMILES string of the molecule is NS(=O)(=O)N1CCC(N=C(NS(=O)(=O)c2ccc(Cl)cc2)N2CCC(c3ccc(Cl)cc3)=N2)CC1.c1ccccc1. The minimum atomic E-state index is -3.98. The molecule has 10 nitrogen and oxygen atoms in total. The van der Waals surface area contributed by atoms with Crippen LogP contribution in [0.15, 0.2) is 99.9 Å². The number of guanidine groups is 1. The average molecular weight is 638 g/mol. The van der Waals surface area contributed by atoms with Gasteiger partial charge in [-0.3, -0.25) is 0 Å². The van der Waals surface area contributed by atoms with Gasteiger partial charge >= 0.3 is 0 Å². The highest BCUT2D eigenvalue weighted by molar-refractivity contribution is 7.90. The largest absolute Gasteiger partial charge is 0.276 e. The summed E-state index contributed by atoms with van der Waals surface area (Å²) in [6.45, 7) is 0.809. The molecule has 0 spiro atoms. The van der Waals surface area contributed by atoms with Crippen LogP contribution in [0.3, 0.4) is 0 Å². The van der Waals surface area contributed by atoms with Crippen molar-refractivity contribution < 1.29 is 16.8 Å². The molecule has 0 radical (unpaired) electrons. The number of nitrogens with two attached hydrogens (primary N) is 1. The molecule has 218 valence electrons. The van der Waals surface area contributed by atoms with E-state index in [0.717, 1.165) is 11.3 Å². The van der Waals surface area contributed by atoms with Gasteiger partial charge in [0.15, 0.2) is 0 Å². The van der Waals surface area contributed by atoms with Crippen molar-refractivity contribution in [2.75, 3.05) is 19.6 Å². The zero-order valence-electron chi connectivity index (χ0n) is 22.0. The maximum absolute atomic E-state index is 13.1. The molecule has 0 amide bonds. The molecule has 14 heteroatoms. The maximum Gasteiger partial charge on any atom is 0.276 e.